The number of H-pyrrole nitrogens is 2. The van der Waals surface area contributed by atoms with Gasteiger partial charge in [0.15, 0.2) is 0 Å². The zero-order valence-corrected chi connectivity index (χ0v) is 13.6. The zero-order chi connectivity index (χ0) is 18.3. The number of aromatic nitrogens is 3. The smallest absolute Gasteiger partial charge is 0.350 e. The predicted molar refractivity (Wildman–Crippen MR) is 96.6 cm³/mol. The molecule has 2 aromatic heterocycles. The lowest BCUT2D eigenvalue weighted by atomic mass is 10.2. The van der Waals surface area contributed by atoms with Crippen molar-refractivity contribution in [2.24, 2.45) is 5.10 Å². The minimum Gasteiger partial charge on any atom is -0.497 e. The minimum absolute atomic E-state index is 0.167. The van der Waals surface area contributed by atoms with Crippen LogP contribution in [0.1, 0.15) is 5.56 Å². The molecule has 0 aliphatic carbocycles. The van der Waals surface area contributed by atoms with Crippen molar-refractivity contribution in [2.75, 3.05) is 7.11 Å². The van der Waals surface area contributed by atoms with Gasteiger partial charge in [-0.2, -0.15) is 5.10 Å². The van der Waals surface area contributed by atoms with Crippen LogP contribution in [0.2, 0.25) is 0 Å². The molecule has 130 valence electrons. The number of nitrogens with zero attached hydrogens (tertiary/aromatic N) is 2. The first-order chi connectivity index (χ1) is 12.6. The van der Waals surface area contributed by atoms with E-state index in [9.17, 15) is 14.0 Å². The van der Waals surface area contributed by atoms with Crippen LogP contribution in [0.3, 0.4) is 0 Å². The summed E-state index contributed by atoms with van der Waals surface area (Å²) in [5.41, 5.74) is 0.0371. The summed E-state index contributed by atoms with van der Waals surface area (Å²) >= 11 is 0. The Hall–Kier alpha value is -3.68. The lowest BCUT2D eigenvalue weighted by Crippen LogP contribution is -2.32. The molecule has 0 amide bonds. The first-order valence-electron chi connectivity index (χ1n) is 7.72. The molecule has 0 atom stereocenters. The molecule has 8 heteroatoms. The third-order valence-corrected chi connectivity index (χ3v) is 4.05. The summed E-state index contributed by atoms with van der Waals surface area (Å²) in [6, 6.07) is 11.1. The number of halogens is 1. The zero-order valence-electron chi connectivity index (χ0n) is 13.6. The Bertz CT molecular complexity index is 1280. The van der Waals surface area contributed by atoms with Gasteiger partial charge in [-0.25, -0.2) is 9.18 Å². The molecule has 4 rings (SSSR count). The van der Waals surface area contributed by atoms with E-state index in [1.165, 1.54) is 25.3 Å². The van der Waals surface area contributed by atoms with Crippen molar-refractivity contribution in [3.05, 3.63) is 74.7 Å². The summed E-state index contributed by atoms with van der Waals surface area (Å²) in [6.45, 7) is 0. The molecule has 0 fully saturated rings. The number of aromatic amines is 2. The molecule has 26 heavy (non-hydrogen) atoms. The molecular weight excluding hydrogens is 339 g/mol. The maximum absolute atomic E-state index is 13.7. The molecule has 0 unspecified atom stereocenters. The second-order valence-electron chi connectivity index (χ2n) is 5.60. The van der Waals surface area contributed by atoms with E-state index in [1.807, 2.05) is 0 Å². The van der Waals surface area contributed by atoms with Crippen LogP contribution < -0.4 is 16.0 Å². The number of nitrogens with one attached hydrogen (secondary N) is 2. The summed E-state index contributed by atoms with van der Waals surface area (Å²) < 4.78 is 19.5. The summed E-state index contributed by atoms with van der Waals surface area (Å²) in [5, 5.41) is 4.52. The molecule has 0 saturated heterocycles. The average Bonchev–Trinajstić information content (AvgIpc) is 3.00. The van der Waals surface area contributed by atoms with Crippen molar-refractivity contribution in [2.45, 2.75) is 0 Å². The van der Waals surface area contributed by atoms with E-state index in [2.05, 4.69) is 15.1 Å². The van der Waals surface area contributed by atoms with E-state index in [0.717, 1.165) is 6.21 Å². The van der Waals surface area contributed by atoms with E-state index in [1.54, 1.807) is 24.3 Å². The number of rotatable bonds is 3. The van der Waals surface area contributed by atoms with Gasteiger partial charge in [0.1, 0.15) is 17.1 Å². The fourth-order valence-corrected chi connectivity index (χ4v) is 2.76. The first kappa shape index (κ1) is 15.8. The number of fused-ring (bicyclic) bond motifs is 3. The fraction of sp³-hybridized carbons (Fsp3) is 0.0556. The number of methoxy groups -OCH3 is 1. The Balaban J connectivity index is 1.91. The van der Waals surface area contributed by atoms with E-state index < -0.39 is 17.1 Å². The molecule has 2 N–H and O–H groups in total. The van der Waals surface area contributed by atoms with Gasteiger partial charge in [0.05, 0.1) is 24.4 Å². The van der Waals surface area contributed by atoms with Crippen molar-refractivity contribution in [3.8, 4) is 5.75 Å². The SMILES string of the molecule is COc1ccc2c(c1)[nH]c1c(=O)n(N=Cc3ccccc3F)c(=O)[nH]c12. The Morgan fingerprint density at radius 3 is 2.69 bits per heavy atom. The monoisotopic (exact) mass is 352 g/mol. The van der Waals surface area contributed by atoms with Gasteiger partial charge in [-0.15, -0.1) is 4.68 Å². The third-order valence-electron chi connectivity index (χ3n) is 4.05. The quantitative estimate of drug-likeness (QED) is 0.554. The molecule has 2 heterocycles. The van der Waals surface area contributed by atoms with E-state index >= 15 is 0 Å². The summed E-state index contributed by atoms with van der Waals surface area (Å²) in [6.07, 6.45) is 1.13. The number of hydrogen-bond donors (Lipinski definition) is 2. The predicted octanol–water partition coefficient (Wildman–Crippen LogP) is 2.20. The molecule has 0 radical (unpaired) electrons. The highest BCUT2D eigenvalue weighted by Gasteiger charge is 2.13. The van der Waals surface area contributed by atoms with Crippen molar-refractivity contribution >= 4 is 28.2 Å². The summed E-state index contributed by atoms with van der Waals surface area (Å²) in [5.74, 6) is 0.115. The third kappa shape index (κ3) is 2.48. The van der Waals surface area contributed by atoms with Crippen LogP contribution >= 0.6 is 0 Å². The van der Waals surface area contributed by atoms with E-state index in [0.29, 0.717) is 26.8 Å². The molecule has 4 aromatic rings. The summed E-state index contributed by atoms with van der Waals surface area (Å²) in [7, 11) is 1.54. The highest BCUT2D eigenvalue weighted by atomic mass is 19.1. The van der Waals surface area contributed by atoms with Crippen molar-refractivity contribution in [1.82, 2.24) is 14.6 Å². The van der Waals surface area contributed by atoms with E-state index in [-0.39, 0.29) is 11.1 Å². The van der Waals surface area contributed by atoms with Crippen molar-refractivity contribution in [3.63, 3.8) is 0 Å². The fourth-order valence-electron chi connectivity index (χ4n) is 2.76. The van der Waals surface area contributed by atoms with Gasteiger partial charge in [-0.3, -0.25) is 4.79 Å². The lowest BCUT2D eigenvalue weighted by molar-refractivity contribution is 0.415. The minimum atomic E-state index is -0.716. The molecule has 0 saturated carbocycles. The second-order valence-corrected chi connectivity index (χ2v) is 5.60. The van der Waals surface area contributed by atoms with Crippen molar-refractivity contribution < 1.29 is 9.13 Å². The van der Waals surface area contributed by atoms with Crippen molar-refractivity contribution in [1.29, 1.82) is 0 Å². The lowest BCUT2D eigenvalue weighted by Gasteiger charge is -1.99. The molecule has 0 aliphatic rings. The van der Waals surface area contributed by atoms with Crippen LogP contribution in [0, 0.1) is 5.82 Å². The number of benzene rings is 2. The van der Waals surface area contributed by atoms with Crippen LogP contribution in [0.4, 0.5) is 4.39 Å². The van der Waals surface area contributed by atoms with Crippen LogP contribution in [0.15, 0.2) is 57.2 Å². The van der Waals surface area contributed by atoms with Gasteiger partial charge in [0, 0.05) is 17.0 Å². The van der Waals surface area contributed by atoms with Gasteiger partial charge in [-0.05, 0) is 18.2 Å². The average molecular weight is 352 g/mol. The Morgan fingerprint density at radius 1 is 1.12 bits per heavy atom. The van der Waals surface area contributed by atoms with Gasteiger partial charge < -0.3 is 14.7 Å². The highest BCUT2D eigenvalue weighted by molar-refractivity contribution is 6.04. The Morgan fingerprint density at radius 2 is 1.92 bits per heavy atom. The molecule has 2 aromatic carbocycles. The van der Waals surface area contributed by atoms with Crippen LogP contribution in [-0.2, 0) is 0 Å². The molecule has 0 spiro atoms. The topological polar surface area (TPSA) is 92.2 Å². The molecule has 0 aliphatic heterocycles. The number of ether oxygens (including phenoxy) is 1. The van der Waals surface area contributed by atoms with Gasteiger partial charge >= 0.3 is 11.2 Å². The van der Waals surface area contributed by atoms with Gasteiger partial charge in [0.25, 0.3) is 0 Å². The highest BCUT2D eigenvalue weighted by Crippen LogP contribution is 2.24. The first-order valence-corrected chi connectivity index (χ1v) is 7.72. The largest absolute Gasteiger partial charge is 0.497 e. The van der Waals surface area contributed by atoms with Gasteiger partial charge in [-0.1, -0.05) is 18.2 Å². The Labute approximate surface area is 145 Å². The number of hydrogen-bond acceptors (Lipinski definition) is 4. The van der Waals surface area contributed by atoms with Crippen LogP contribution in [0.5, 0.6) is 5.75 Å². The van der Waals surface area contributed by atoms with Crippen LogP contribution in [0.25, 0.3) is 21.9 Å². The maximum atomic E-state index is 13.7. The normalized spacial score (nSPS) is 11.6. The van der Waals surface area contributed by atoms with Gasteiger partial charge in [0.2, 0.25) is 0 Å². The second kappa shape index (κ2) is 5.99. The van der Waals surface area contributed by atoms with E-state index in [4.69, 9.17) is 4.74 Å². The van der Waals surface area contributed by atoms with Crippen LogP contribution in [-0.4, -0.2) is 28.0 Å². The summed E-state index contributed by atoms with van der Waals surface area (Å²) in [4.78, 5) is 30.5. The molecule has 7 nitrogen and oxygen atoms in total. The molecule has 0 bridgehead atoms. The maximum Gasteiger partial charge on any atom is 0.350 e. The Kier molecular flexibility index (Phi) is 3.65. The standard InChI is InChI=1S/C18H13FN4O3/c1-26-11-6-7-12-14(8-11)21-16-15(12)22-18(25)23(17(16)24)20-9-10-4-2-3-5-13(10)19/h2-9,21H,1H3,(H,22,25). The molecular formula is C18H13FN4O3.